The summed E-state index contributed by atoms with van der Waals surface area (Å²) in [6, 6.07) is 13.5. The molecule has 1 unspecified atom stereocenters. The van der Waals surface area contributed by atoms with Crippen molar-refractivity contribution in [3.63, 3.8) is 0 Å². The molecule has 26 heavy (non-hydrogen) atoms. The second-order valence-corrected chi connectivity index (χ2v) is 6.97. The molecule has 5 nitrogen and oxygen atoms in total. The van der Waals surface area contributed by atoms with Gasteiger partial charge in [0.05, 0.1) is 17.4 Å². The van der Waals surface area contributed by atoms with Crippen LogP contribution in [0.3, 0.4) is 0 Å². The molecule has 0 radical (unpaired) electrons. The minimum atomic E-state index is -1.08. The first kappa shape index (κ1) is 19.5. The molecule has 0 aliphatic rings. The number of hydrogen-bond donors (Lipinski definition) is 2. The van der Waals surface area contributed by atoms with Gasteiger partial charge in [0.15, 0.2) is 6.04 Å². The average molecular weight is 368 g/mol. The van der Waals surface area contributed by atoms with Crippen LogP contribution in [-0.4, -0.2) is 22.7 Å². The molecule has 0 fully saturated rings. The van der Waals surface area contributed by atoms with Crippen LogP contribution >= 0.6 is 11.8 Å². The molecular formula is C20H20N2O3S. The van der Waals surface area contributed by atoms with Crippen LogP contribution in [0.4, 0.5) is 0 Å². The first-order valence-corrected chi connectivity index (χ1v) is 9.22. The van der Waals surface area contributed by atoms with Crippen LogP contribution in [0.1, 0.15) is 33.9 Å². The molecule has 6 heteroatoms. The number of carbonyl (C=O) groups is 2. The molecule has 2 rings (SSSR count). The third kappa shape index (κ3) is 5.36. The first-order chi connectivity index (χ1) is 12.4. The number of aryl methyl sites for hydroxylation is 2. The van der Waals surface area contributed by atoms with Crippen molar-refractivity contribution in [3.8, 4) is 6.07 Å². The van der Waals surface area contributed by atoms with Crippen molar-refractivity contribution in [1.29, 1.82) is 5.26 Å². The second kappa shape index (κ2) is 9.07. The van der Waals surface area contributed by atoms with Crippen LogP contribution < -0.4 is 5.32 Å². The fourth-order valence-corrected chi connectivity index (χ4v) is 3.17. The summed E-state index contributed by atoms with van der Waals surface area (Å²) in [6.45, 7) is 3.86. The van der Waals surface area contributed by atoms with Crippen molar-refractivity contribution in [2.75, 3.05) is 5.75 Å². The van der Waals surface area contributed by atoms with E-state index >= 15 is 0 Å². The maximum atomic E-state index is 12.1. The van der Waals surface area contributed by atoms with Crippen molar-refractivity contribution in [3.05, 3.63) is 70.3 Å². The number of nitrogens with one attached hydrogen (secondary N) is 1. The predicted molar refractivity (Wildman–Crippen MR) is 102 cm³/mol. The summed E-state index contributed by atoms with van der Waals surface area (Å²) in [5.74, 6) is -0.636. The Kier molecular flexibility index (Phi) is 6.81. The van der Waals surface area contributed by atoms with E-state index in [0.717, 1.165) is 16.7 Å². The quantitative estimate of drug-likeness (QED) is 0.782. The molecular weight excluding hydrogens is 348 g/mol. The van der Waals surface area contributed by atoms with Crippen LogP contribution in [0, 0.1) is 25.2 Å². The summed E-state index contributed by atoms with van der Waals surface area (Å²) < 4.78 is 0. The van der Waals surface area contributed by atoms with Crippen LogP contribution in [0.15, 0.2) is 42.5 Å². The third-order valence-electron chi connectivity index (χ3n) is 4.00. The highest BCUT2D eigenvalue weighted by Gasteiger charge is 2.22. The molecule has 0 bridgehead atoms. The highest BCUT2D eigenvalue weighted by molar-refractivity contribution is 7.99. The molecule has 0 aromatic heterocycles. The molecule has 0 aliphatic heterocycles. The Balaban J connectivity index is 1.92. The van der Waals surface area contributed by atoms with E-state index in [9.17, 15) is 14.7 Å². The van der Waals surface area contributed by atoms with Gasteiger partial charge in [0.1, 0.15) is 0 Å². The van der Waals surface area contributed by atoms with Crippen LogP contribution in [0.2, 0.25) is 0 Å². The summed E-state index contributed by atoms with van der Waals surface area (Å²) in [7, 11) is 0. The zero-order valence-corrected chi connectivity index (χ0v) is 15.5. The number of thioether (sulfide) groups is 1. The Labute approximate surface area is 157 Å². The Morgan fingerprint density at radius 2 is 1.85 bits per heavy atom. The zero-order chi connectivity index (χ0) is 19.1. The number of carboxylic acids is 1. The van der Waals surface area contributed by atoms with E-state index in [2.05, 4.69) is 11.4 Å². The van der Waals surface area contributed by atoms with Crippen molar-refractivity contribution >= 4 is 23.6 Å². The standard InChI is InChI=1S/C20H20N2O3S/c1-13-3-8-17(9-14(13)2)19(20(24)25)22-18(23)12-26-11-16-6-4-15(10-21)5-7-16/h3-9,19H,11-12H2,1-2H3,(H,22,23)(H,24,25). The fraction of sp³-hybridized carbons (Fsp3) is 0.250. The summed E-state index contributed by atoms with van der Waals surface area (Å²) in [5, 5.41) is 20.8. The Morgan fingerprint density at radius 1 is 1.15 bits per heavy atom. The smallest absolute Gasteiger partial charge is 0.330 e. The van der Waals surface area contributed by atoms with E-state index in [0.29, 0.717) is 16.9 Å². The summed E-state index contributed by atoms with van der Waals surface area (Å²) >= 11 is 1.39. The van der Waals surface area contributed by atoms with Crippen LogP contribution in [0.25, 0.3) is 0 Å². The lowest BCUT2D eigenvalue weighted by Crippen LogP contribution is -2.34. The fourth-order valence-electron chi connectivity index (χ4n) is 2.37. The zero-order valence-electron chi connectivity index (χ0n) is 14.7. The molecule has 2 aromatic carbocycles. The predicted octanol–water partition coefficient (Wildman–Crippen LogP) is 3.35. The van der Waals surface area contributed by atoms with Gasteiger partial charge in [-0.1, -0.05) is 30.3 Å². The molecule has 0 spiro atoms. The Bertz CT molecular complexity index is 841. The highest BCUT2D eigenvalue weighted by Crippen LogP contribution is 2.18. The number of benzene rings is 2. The number of carboxylic acid groups (broad SMARTS) is 1. The maximum absolute atomic E-state index is 12.1. The van der Waals surface area contributed by atoms with E-state index in [1.165, 1.54) is 11.8 Å². The Hall–Kier alpha value is -2.78. The molecule has 1 amide bonds. The van der Waals surface area contributed by atoms with Crippen LogP contribution in [-0.2, 0) is 15.3 Å². The summed E-state index contributed by atoms with van der Waals surface area (Å²) in [4.78, 5) is 23.7. The topological polar surface area (TPSA) is 90.2 Å². The molecule has 0 aliphatic carbocycles. The van der Waals surface area contributed by atoms with Gasteiger partial charge in [0, 0.05) is 5.75 Å². The van der Waals surface area contributed by atoms with E-state index in [-0.39, 0.29) is 11.7 Å². The molecule has 0 saturated heterocycles. The SMILES string of the molecule is Cc1ccc(C(NC(=O)CSCc2ccc(C#N)cc2)C(=O)O)cc1C. The lowest BCUT2D eigenvalue weighted by atomic mass is 10.0. The van der Waals surface area contributed by atoms with E-state index in [4.69, 9.17) is 5.26 Å². The molecule has 0 heterocycles. The average Bonchev–Trinajstić information content (AvgIpc) is 2.62. The molecule has 0 saturated carbocycles. The lowest BCUT2D eigenvalue weighted by Gasteiger charge is -2.16. The number of nitrogens with zero attached hydrogens (tertiary/aromatic N) is 1. The number of nitriles is 1. The van der Waals surface area contributed by atoms with E-state index < -0.39 is 12.0 Å². The van der Waals surface area contributed by atoms with Gasteiger partial charge in [-0.05, 0) is 48.2 Å². The number of aliphatic carboxylic acids is 1. The first-order valence-electron chi connectivity index (χ1n) is 8.07. The normalized spacial score (nSPS) is 11.4. The highest BCUT2D eigenvalue weighted by atomic mass is 32.2. The van der Waals surface area contributed by atoms with Gasteiger partial charge >= 0.3 is 5.97 Å². The van der Waals surface area contributed by atoms with E-state index in [1.807, 2.05) is 32.0 Å². The number of carbonyl (C=O) groups excluding carboxylic acids is 1. The number of rotatable bonds is 7. The van der Waals surface area contributed by atoms with Gasteiger partial charge < -0.3 is 10.4 Å². The molecule has 2 N–H and O–H groups in total. The molecule has 2 aromatic rings. The van der Waals surface area contributed by atoms with Crippen molar-refractivity contribution in [2.24, 2.45) is 0 Å². The minimum absolute atomic E-state index is 0.161. The number of hydrogen-bond acceptors (Lipinski definition) is 4. The van der Waals surface area contributed by atoms with Gasteiger partial charge in [-0.15, -0.1) is 11.8 Å². The van der Waals surface area contributed by atoms with Crippen molar-refractivity contribution in [2.45, 2.75) is 25.6 Å². The van der Waals surface area contributed by atoms with Crippen molar-refractivity contribution < 1.29 is 14.7 Å². The van der Waals surface area contributed by atoms with E-state index in [1.54, 1.807) is 24.3 Å². The second-order valence-electron chi connectivity index (χ2n) is 5.98. The lowest BCUT2D eigenvalue weighted by molar-refractivity contribution is -0.141. The van der Waals surface area contributed by atoms with Gasteiger partial charge in [0.25, 0.3) is 0 Å². The summed E-state index contributed by atoms with van der Waals surface area (Å²) in [6.07, 6.45) is 0. The largest absolute Gasteiger partial charge is 0.479 e. The third-order valence-corrected chi connectivity index (χ3v) is 5.01. The molecule has 1 atom stereocenters. The van der Waals surface area contributed by atoms with Gasteiger partial charge in [-0.25, -0.2) is 4.79 Å². The minimum Gasteiger partial charge on any atom is -0.479 e. The maximum Gasteiger partial charge on any atom is 0.330 e. The summed E-state index contributed by atoms with van der Waals surface area (Å²) in [5.41, 5.74) is 4.21. The molecule has 134 valence electrons. The monoisotopic (exact) mass is 368 g/mol. The Morgan fingerprint density at radius 3 is 2.42 bits per heavy atom. The number of amides is 1. The van der Waals surface area contributed by atoms with Gasteiger partial charge in [-0.2, -0.15) is 5.26 Å². The van der Waals surface area contributed by atoms with Crippen molar-refractivity contribution in [1.82, 2.24) is 5.32 Å². The van der Waals surface area contributed by atoms with Crippen LogP contribution in [0.5, 0.6) is 0 Å². The van der Waals surface area contributed by atoms with Gasteiger partial charge in [0.2, 0.25) is 5.91 Å². The van der Waals surface area contributed by atoms with Gasteiger partial charge in [-0.3, -0.25) is 4.79 Å².